The molecule has 0 atom stereocenters. The van der Waals surface area contributed by atoms with E-state index in [1.54, 1.807) is 0 Å². The van der Waals surface area contributed by atoms with Gasteiger partial charge in [-0.3, -0.25) is 9.97 Å². The fraction of sp³-hybridized carbons (Fsp3) is 0.244. The van der Waals surface area contributed by atoms with Crippen LogP contribution in [0.5, 0.6) is 0 Å². The highest BCUT2D eigenvalue weighted by Crippen LogP contribution is 2.37. The normalized spacial score (nSPS) is 12.4. The summed E-state index contributed by atoms with van der Waals surface area (Å²) in [5, 5.41) is 4.87. The maximum absolute atomic E-state index is 4.83. The van der Waals surface area contributed by atoms with Gasteiger partial charge in [-0.05, 0) is 84.3 Å². The molecule has 0 fully saturated rings. The van der Waals surface area contributed by atoms with Crippen LogP contribution in [0.1, 0.15) is 64.1 Å². The van der Waals surface area contributed by atoms with E-state index < -0.39 is 0 Å². The van der Waals surface area contributed by atoms with Crippen molar-refractivity contribution in [3.8, 4) is 11.4 Å². The molecule has 244 valence electrons. The highest BCUT2D eigenvalue weighted by molar-refractivity contribution is 6.10. The molecule has 4 heteroatoms. The summed E-state index contributed by atoms with van der Waals surface area (Å²) in [5.41, 5.74) is 11.9. The lowest BCUT2D eigenvalue weighted by Crippen LogP contribution is -2.19. The monoisotopic (exact) mass is 640 g/mol. The molecule has 4 heterocycles. The third kappa shape index (κ3) is 5.40. The SMILES string of the molecule is CC(C)Cc1cc2c(cn1)c1ccccc1n2-c1ccc(C(C)(C)c2ccc(-n3c4ccccc4c4cnc(CC(C)C)cc43)cc2)cc1. The summed E-state index contributed by atoms with van der Waals surface area (Å²) in [7, 11) is 0. The van der Waals surface area contributed by atoms with Gasteiger partial charge in [0.1, 0.15) is 0 Å². The first-order chi connectivity index (χ1) is 23.7. The number of aromatic nitrogens is 4. The highest BCUT2D eigenvalue weighted by Gasteiger charge is 2.24. The Morgan fingerprint density at radius 1 is 0.490 bits per heavy atom. The quantitative estimate of drug-likeness (QED) is 0.166. The van der Waals surface area contributed by atoms with Crippen molar-refractivity contribution in [3.05, 3.63) is 144 Å². The first-order valence-corrected chi connectivity index (χ1v) is 17.7. The summed E-state index contributed by atoms with van der Waals surface area (Å²) < 4.78 is 4.80. The van der Waals surface area contributed by atoms with Crippen LogP contribution >= 0.6 is 0 Å². The standard InChI is InChI=1S/C45H44N4/c1-29(2)23-33-25-43-39(27-46-33)37-11-7-9-13-41(37)48(43)35-19-15-31(16-20-35)45(5,6)32-17-21-36(22-18-32)49-42-14-10-8-12-38(42)40-28-47-34(24-30(3)4)26-44(40)49/h7-22,25-30H,23-24H2,1-6H3. The zero-order valence-electron chi connectivity index (χ0n) is 29.4. The Labute approximate surface area is 289 Å². The van der Waals surface area contributed by atoms with E-state index in [1.165, 1.54) is 66.1 Å². The van der Waals surface area contributed by atoms with Gasteiger partial charge in [0.2, 0.25) is 0 Å². The molecular weight excluding hydrogens is 597 g/mol. The molecule has 0 aliphatic rings. The molecular formula is C45H44N4. The molecule has 0 aliphatic heterocycles. The van der Waals surface area contributed by atoms with E-state index in [1.807, 2.05) is 0 Å². The van der Waals surface area contributed by atoms with Crippen molar-refractivity contribution in [1.82, 2.24) is 19.1 Å². The molecule has 0 radical (unpaired) electrons. The maximum atomic E-state index is 4.83. The third-order valence-corrected chi connectivity index (χ3v) is 10.2. The van der Waals surface area contributed by atoms with E-state index in [4.69, 9.17) is 9.97 Å². The van der Waals surface area contributed by atoms with Gasteiger partial charge in [0.25, 0.3) is 0 Å². The molecule has 0 aliphatic carbocycles. The third-order valence-electron chi connectivity index (χ3n) is 10.2. The fourth-order valence-electron chi connectivity index (χ4n) is 7.65. The highest BCUT2D eigenvalue weighted by atomic mass is 15.0. The van der Waals surface area contributed by atoms with E-state index in [0.29, 0.717) is 11.8 Å². The molecule has 0 saturated carbocycles. The van der Waals surface area contributed by atoms with Crippen molar-refractivity contribution in [2.75, 3.05) is 0 Å². The van der Waals surface area contributed by atoms with E-state index in [2.05, 4.69) is 172 Å². The van der Waals surface area contributed by atoms with Gasteiger partial charge in [0, 0.05) is 62.1 Å². The fourth-order valence-corrected chi connectivity index (χ4v) is 7.65. The van der Waals surface area contributed by atoms with Crippen molar-refractivity contribution in [3.63, 3.8) is 0 Å². The number of pyridine rings is 2. The molecule has 49 heavy (non-hydrogen) atoms. The van der Waals surface area contributed by atoms with Crippen LogP contribution in [-0.2, 0) is 18.3 Å². The van der Waals surface area contributed by atoms with Crippen LogP contribution in [0.2, 0.25) is 0 Å². The average Bonchev–Trinajstić information content (AvgIpc) is 3.60. The maximum Gasteiger partial charge on any atom is 0.0574 e. The molecule has 8 aromatic rings. The first kappa shape index (κ1) is 31.1. The van der Waals surface area contributed by atoms with Crippen LogP contribution in [0.25, 0.3) is 55.0 Å². The molecule has 8 rings (SSSR count). The molecule has 0 saturated heterocycles. The summed E-state index contributed by atoms with van der Waals surface area (Å²) in [5.74, 6) is 1.11. The first-order valence-electron chi connectivity index (χ1n) is 17.7. The van der Waals surface area contributed by atoms with Crippen molar-refractivity contribution in [2.45, 2.75) is 59.8 Å². The van der Waals surface area contributed by atoms with Gasteiger partial charge < -0.3 is 9.13 Å². The Kier molecular flexibility index (Phi) is 7.63. The number of nitrogens with zero attached hydrogens (tertiary/aromatic N) is 4. The second kappa shape index (κ2) is 12.0. The Morgan fingerprint density at radius 3 is 1.27 bits per heavy atom. The Morgan fingerprint density at radius 2 is 0.878 bits per heavy atom. The van der Waals surface area contributed by atoms with Crippen LogP contribution in [0.4, 0.5) is 0 Å². The van der Waals surface area contributed by atoms with Gasteiger partial charge >= 0.3 is 0 Å². The lowest BCUT2D eigenvalue weighted by Gasteiger charge is -2.27. The Balaban J connectivity index is 1.16. The van der Waals surface area contributed by atoms with Gasteiger partial charge in [-0.2, -0.15) is 0 Å². The summed E-state index contributed by atoms with van der Waals surface area (Å²) in [6, 6.07) is 40.2. The second-order valence-corrected chi connectivity index (χ2v) is 15.0. The largest absolute Gasteiger partial charge is 0.309 e. The van der Waals surface area contributed by atoms with E-state index >= 15 is 0 Å². The van der Waals surface area contributed by atoms with Crippen LogP contribution in [0.15, 0.2) is 122 Å². The van der Waals surface area contributed by atoms with E-state index in [-0.39, 0.29) is 5.41 Å². The van der Waals surface area contributed by atoms with Gasteiger partial charge in [0.15, 0.2) is 0 Å². The predicted molar refractivity (Wildman–Crippen MR) is 206 cm³/mol. The zero-order valence-corrected chi connectivity index (χ0v) is 29.4. The molecule has 0 bridgehead atoms. The Bertz CT molecular complexity index is 2280. The number of rotatable bonds is 8. The molecule has 4 aromatic heterocycles. The van der Waals surface area contributed by atoms with Gasteiger partial charge in [-0.15, -0.1) is 0 Å². The van der Waals surface area contributed by atoms with Gasteiger partial charge in [-0.1, -0.05) is 102 Å². The number of hydrogen-bond donors (Lipinski definition) is 0. The van der Waals surface area contributed by atoms with E-state index in [0.717, 1.165) is 24.2 Å². The van der Waals surface area contributed by atoms with Crippen LogP contribution in [0, 0.1) is 11.8 Å². The lowest BCUT2D eigenvalue weighted by atomic mass is 9.78. The van der Waals surface area contributed by atoms with E-state index in [9.17, 15) is 0 Å². The van der Waals surface area contributed by atoms with Crippen LogP contribution in [0.3, 0.4) is 0 Å². The molecule has 0 N–H and O–H groups in total. The second-order valence-electron chi connectivity index (χ2n) is 15.0. The minimum absolute atomic E-state index is 0.179. The van der Waals surface area contributed by atoms with Crippen molar-refractivity contribution >= 4 is 43.6 Å². The predicted octanol–water partition coefficient (Wildman–Crippen LogP) is 11.4. The molecule has 4 nitrogen and oxygen atoms in total. The van der Waals surface area contributed by atoms with Crippen molar-refractivity contribution in [1.29, 1.82) is 0 Å². The number of benzene rings is 4. The van der Waals surface area contributed by atoms with Crippen molar-refractivity contribution in [2.24, 2.45) is 11.8 Å². The summed E-state index contributed by atoms with van der Waals surface area (Å²) >= 11 is 0. The molecule has 4 aromatic carbocycles. The van der Waals surface area contributed by atoms with Crippen LogP contribution in [-0.4, -0.2) is 19.1 Å². The summed E-state index contributed by atoms with van der Waals surface area (Å²) in [4.78, 5) is 9.67. The minimum Gasteiger partial charge on any atom is -0.309 e. The van der Waals surface area contributed by atoms with Crippen LogP contribution < -0.4 is 0 Å². The Hall–Kier alpha value is -5.22. The van der Waals surface area contributed by atoms with Gasteiger partial charge in [0.05, 0.1) is 22.1 Å². The smallest absolute Gasteiger partial charge is 0.0574 e. The molecule has 0 unspecified atom stereocenters. The lowest BCUT2D eigenvalue weighted by molar-refractivity contribution is 0.636. The number of para-hydroxylation sites is 2. The summed E-state index contributed by atoms with van der Waals surface area (Å²) in [6.07, 6.45) is 6.06. The zero-order chi connectivity index (χ0) is 33.9. The van der Waals surface area contributed by atoms with Gasteiger partial charge in [-0.25, -0.2) is 0 Å². The number of fused-ring (bicyclic) bond motifs is 6. The summed E-state index contributed by atoms with van der Waals surface area (Å²) in [6.45, 7) is 13.7. The molecule has 0 amide bonds. The van der Waals surface area contributed by atoms with Crippen molar-refractivity contribution < 1.29 is 0 Å². The number of hydrogen-bond acceptors (Lipinski definition) is 2. The minimum atomic E-state index is -0.179. The topological polar surface area (TPSA) is 35.6 Å². The molecule has 0 spiro atoms. The average molecular weight is 641 g/mol.